The van der Waals surface area contributed by atoms with Gasteiger partial charge in [-0.25, -0.2) is 0 Å². The summed E-state index contributed by atoms with van der Waals surface area (Å²) in [4.78, 5) is 0. The highest BCUT2D eigenvalue weighted by Crippen LogP contribution is 2.09. The Morgan fingerprint density at radius 2 is 2.20 bits per heavy atom. The molecule has 2 unspecified atom stereocenters. The molecule has 0 radical (unpaired) electrons. The second-order valence-corrected chi connectivity index (χ2v) is 2.87. The third-order valence-corrected chi connectivity index (χ3v) is 1.76. The van der Waals surface area contributed by atoms with Crippen LogP contribution in [0.5, 0.6) is 0 Å². The lowest BCUT2D eigenvalue weighted by molar-refractivity contribution is 0.455. The van der Waals surface area contributed by atoms with Crippen LogP contribution < -0.4 is 5.73 Å². The summed E-state index contributed by atoms with van der Waals surface area (Å²) in [5, 5.41) is 8.29. The average Bonchev–Trinajstić information content (AvgIpc) is 1.88. The molecule has 2 nitrogen and oxygen atoms in total. The number of hydrogen-bond donors (Lipinski definition) is 1. The summed E-state index contributed by atoms with van der Waals surface area (Å²) in [6, 6.07) is 2.16. The lowest BCUT2D eigenvalue weighted by atomic mass is 9.98. The van der Waals surface area contributed by atoms with Crippen LogP contribution in [-0.2, 0) is 0 Å². The first-order valence-electron chi connectivity index (χ1n) is 3.83. The Bertz CT molecular complexity index is 115. The van der Waals surface area contributed by atoms with Crippen molar-refractivity contribution >= 4 is 0 Å². The second kappa shape index (κ2) is 5.25. The predicted molar refractivity (Wildman–Crippen MR) is 42.3 cm³/mol. The van der Waals surface area contributed by atoms with Crippen molar-refractivity contribution in [1.82, 2.24) is 0 Å². The zero-order chi connectivity index (χ0) is 7.98. The van der Waals surface area contributed by atoms with E-state index < -0.39 is 0 Å². The minimum Gasteiger partial charge on any atom is -0.327 e. The number of nitrogens with two attached hydrogens (primary N) is 1. The topological polar surface area (TPSA) is 49.8 Å². The Morgan fingerprint density at radius 3 is 2.60 bits per heavy atom. The third kappa shape index (κ3) is 4.34. The second-order valence-electron chi connectivity index (χ2n) is 2.87. The lowest BCUT2D eigenvalue weighted by Gasteiger charge is -2.11. The summed E-state index contributed by atoms with van der Waals surface area (Å²) >= 11 is 0. The van der Waals surface area contributed by atoms with E-state index >= 15 is 0 Å². The van der Waals surface area contributed by atoms with E-state index in [-0.39, 0.29) is 6.04 Å². The molecule has 2 heteroatoms. The fourth-order valence-electron chi connectivity index (χ4n) is 0.884. The molecule has 58 valence electrons. The first-order chi connectivity index (χ1) is 4.70. The lowest BCUT2D eigenvalue weighted by Crippen LogP contribution is -2.21. The van der Waals surface area contributed by atoms with Gasteiger partial charge < -0.3 is 5.73 Å². The smallest absolute Gasteiger partial charge is 0.0638 e. The van der Waals surface area contributed by atoms with Crippen LogP contribution in [0.4, 0.5) is 0 Å². The molecular weight excluding hydrogens is 124 g/mol. The summed E-state index contributed by atoms with van der Waals surface area (Å²) < 4.78 is 0. The zero-order valence-corrected chi connectivity index (χ0v) is 6.80. The van der Waals surface area contributed by atoms with Crippen molar-refractivity contribution < 1.29 is 0 Å². The summed E-state index contributed by atoms with van der Waals surface area (Å²) in [5.74, 6) is 0.656. The van der Waals surface area contributed by atoms with E-state index in [1.54, 1.807) is 0 Å². The number of nitriles is 1. The Kier molecular flexibility index (Phi) is 4.96. The molecule has 0 saturated heterocycles. The van der Waals surface area contributed by atoms with Gasteiger partial charge in [-0.15, -0.1) is 0 Å². The Labute approximate surface area is 63.0 Å². The number of nitrogens with zero attached hydrogens (tertiary/aromatic N) is 1. The molecule has 2 atom stereocenters. The SMILES string of the molecule is CCC(C)CC(N)CC#N. The summed E-state index contributed by atoms with van der Waals surface area (Å²) in [5.41, 5.74) is 5.64. The molecule has 0 aliphatic carbocycles. The fourth-order valence-corrected chi connectivity index (χ4v) is 0.884. The first kappa shape index (κ1) is 9.45. The summed E-state index contributed by atoms with van der Waals surface area (Å²) in [7, 11) is 0. The molecule has 0 aliphatic heterocycles. The van der Waals surface area contributed by atoms with Crippen molar-refractivity contribution in [2.45, 2.75) is 39.2 Å². The van der Waals surface area contributed by atoms with Crippen molar-refractivity contribution in [2.24, 2.45) is 11.7 Å². The van der Waals surface area contributed by atoms with Gasteiger partial charge in [0.15, 0.2) is 0 Å². The van der Waals surface area contributed by atoms with Gasteiger partial charge in [-0.1, -0.05) is 20.3 Å². The maximum atomic E-state index is 8.29. The summed E-state index contributed by atoms with van der Waals surface area (Å²) in [6.45, 7) is 4.31. The van der Waals surface area contributed by atoms with Crippen LogP contribution >= 0.6 is 0 Å². The van der Waals surface area contributed by atoms with E-state index in [9.17, 15) is 0 Å². The van der Waals surface area contributed by atoms with Crippen LogP contribution in [0.3, 0.4) is 0 Å². The van der Waals surface area contributed by atoms with Crippen LogP contribution in [0.25, 0.3) is 0 Å². The van der Waals surface area contributed by atoms with Gasteiger partial charge in [-0.05, 0) is 12.3 Å². The highest BCUT2D eigenvalue weighted by molar-refractivity contribution is 4.78. The molecule has 0 saturated carbocycles. The van der Waals surface area contributed by atoms with Gasteiger partial charge >= 0.3 is 0 Å². The molecule has 0 bridgehead atoms. The largest absolute Gasteiger partial charge is 0.327 e. The van der Waals surface area contributed by atoms with Crippen molar-refractivity contribution in [2.75, 3.05) is 0 Å². The number of hydrogen-bond acceptors (Lipinski definition) is 2. The van der Waals surface area contributed by atoms with E-state index in [1.165, 1.54) is 0 Å². The maximum absolute atomic E-state index is 8.29. The molecule has 2 N–H and O–H groups in total. The monoisotopic (exact) mass is 140 g/mol. The first-order valence-corrected chi connectivity index (χ1v) is 3.83. The van der Waals surface area contributed by atoms with Crippen molar-refractivity contribution in [1.29, 1.82) is 5.26 Å². The zero-order valence-electron chi connectivity index (χ0n) is 6.80. The molecule has 0 aliphatic rings. The molecule has 0 aromatic carbocycles. The van der Waals surface area contributed by atoms with Gasteiger partial charge in [-0.3, -0.25) is 0 Å². The molecule has 0 heterocycles. The van der Waals surface area contributed by atoms with Crippen LogP contribution in [0, 0.1) is 17.2 Å². The standard InChI is InChI=1S/C8H16N2/c1-3-7(2)6-8(10)4-5-9/h7-8H,3-4,6,10H2,1-2H3. The highest BCUT2D eigenvalue weighted by atomic mass is 14.6. The van der Waals surface area contributed by atoms with Crippen LogP contribution in [-0.4, -0.2) is 6.04 Å². The van der Waals surface area contributed by atoms with Gasteiger partial charge in [0.05, 0.1) is 12.5 Å². The molecule has 0 amide bonds. The van der Waals surface area contributed by atoms with Crippen LogP contribution in [0.2, 0.25) is 0 Å². The normalized spacial score (nSPS) is 15.8. The number of rotatable bonds is 4. The van der Waals surface area contributed by atoms with Crippen LogP contribution in [0.1, 0.15) is 33.1 Å². The molecule has 0 spiro atoms. The molecule has 0 aromatic rings. The molecular formula is C8H16N2. The minimum absolute atomic E-state index is 0.0833. The third-order valence-electron chi connectivity index (χ3n) is 1.76. The predicted octanol–water partition coefficient (Wildman–Crippen LogP) is 1.66. The molecule has 10 heavy (non-hydrogen) atoms. The van der Waals surface area contributed by atoms with Crippen molar-refractivity contribution in [3.8, 4) is 6.07 Å². The van der Waals surface area contributed by atoms with E-state index in [4.69, 9.17) is 11.0 Å². The van der Waals surface area contributed by atoms with E-state index in [2.05, 4.69) is 19.9 Å². The van der Waals surface area contributed by atoms with E-state index in [0.29, 0.717) is 12.3 Å². The molecule has 0 fully saturated rings. The van der Waals surface area contributed by atoms with Gasteiger partial charge in [0.1, 0.15) is 0 Å². The highest BCUT2D eigenvalue weighted by Gasteiger charge is 2.05. The van der Waals surface area contributed by atoms with Crippen molar-refractivity contribution in [3.63, 3.8) is 0 Å². The molecule has 0 aromatic heterocycles. The van der Waals surface area contributed by atoms with Gasteiger partial charge in [0.25, 0.3) is 0 Å². The Hall–Kier alpha value is -0.550. The minimum atomic E-state index is 0.0833. The van der Waals surface area contributed by atoms with Crippen molar-refractivity contribution in [3.05, 3.63) is 0 Å². The average molecular weight is 140 g/mol. The quantitative estimate of drug-likeness (QED) is 0.645. The maximum Gasteiger partial charge on any atom is 0.0638 e. The van der Waals surface area contributed by atoms with E-state index in [1.807, 2.05) is 0 Å². The molecule has 0 rings (SSSR count). The van der Waals surface area contributed by atoms with E-state index in [0.717, 1.165) is 12.8 Å². The van der Waals surface area contributed by atoms with Gasteiger partial charge in [0.2, 0.25) is 0 Å². The van der Waals surface area contributed by atoms with Gasteiger partial charge in [0, 0.05) is 6.04 Å². The summed E-state index contributed by atoms with van der Waals surface area (Å²) in [6.07, 6.45) is 2.62. The Balaban J connectivity index is 3.38. The fraction of sp³-hybridized carbons (Fsp3) is 0.875. The van der Waals surface area contributed by atoms with Crippen LogP contribution in [0.15, 0.2) is 0 Å². The Morgan fingerprint density at radius 1 is 1.60 bits per heavy atom. The van der Waals surface area contributed by atoms with Gasteiger partial charge in [-0.2, -0.15) is 5.26 Å².